The molecule has 198 valence electrons. The number of amides is 1. The molecule has 0 aromatic carbocycles. The Morgan fingerprint density at radius 1 is 1.11 bits per heavy atom. The number of nitrogens with two attached hydrogens (primary N) is 1. The van der Waals surface area contributed by atoms with E-state index < -0.39 is 0 Å². The van der Waals surface area contributed by atoms with Crippen molar-refractivity contribution in [2.75, 3.05) is 19.8 Å². The maximum atomic E-state index is 11.8. The van der Waals surface area contributed by atoms with Crippen LogP contribution in [0.3, 0.4) is 0 Å². The fraction of sp³-hybridized carbons (Fsp3) is 0.862. The van der Waals surface area contributed by atoms with E-state index in [9.17, 15) is 14.7 Å². The third kappa shape index (κ3) is 5.20. The Kier molecular flexibility index (Phi) is 8.32. The number of carbonyl (C=O) groups is 2. The highest BCUT2D eigenvalue weighted by atomic mass is 16.5. The number of unbranched alkanes of at least 4 members (excludes halogenated alkanes) is 2. The molecule has 35 heavy (non-hydrogen) atoms. The first-order chi connectivity index (χ1) is 16.7. The van der Waals surface area contributed by atoms with Crippen molar-refractivity contribution >= 4 is 11.9 Å². The SMILES string of the molecule is C[C@H]1CCC2C(C[C@@H](O)[C@]3(C)[C@@H](C4=CC(=O)OC4)CC[C@H]23)[C@@]1(C)CCCOCCCCCC(N)=O. The Labute approximate surface area is 211 Å². The van der Waals surface area contributed by atoms with Gasteiger partial charge in [0.05, 0.1) is 6.10 Å². The van der Waals surface area contributed by atoms with Gasteiger partial charge in [0.25, 0.3) is 0 Å². The topological polar surface area (TPSA) is 98.8 Å². The van der Waals surface area contributed by atoms with Gasteiger partial charge < -0.3 is 20.3 Å². The van der Waals surface area contributed by atoms with Crippen LogP contribution in [0.4, 0.5) is 0 Å². The van der Waals surface area contributed by atoms with E-state index in [2.05, 4.69) is 20.8 Å². The molecule has 1 aliphatic heterocycles. The third-order valence-corrected chi connectivity index (χ3v) is 10.8. The van der Waals surface area contributed by atoms with Crippen LogP contribution in [0.1, 0.15) is 91.4 Å². The number of aliphatic hydroxyl groups is 1. The molecule has 0 aromatic heterocycles. The van der Waals surface area contributed by atoms with Crippen LogP contribution >= 0.6 is 0 Å². The lowest BCUT2D eigenvalue weighted by Crippen LogP contribution is -2.57. The van der Waals surface area contributed by atoms with Gasteiger partial charge in [-0.2, -0.15) is 0 Å². The zero-order chi connectivity index (χ0) is 25.2. The largest absolute Gasteiger partial charge is 0.458 e. The van der Waals surface area contributed by atoms with Gasteiger partial charge in [0.15, 0.2) is 0 Å². The predicted molar refractivity (Wildman–Crippen MR) is 135 cm³/mol. The number of hydrogen-bond donors (Lipinski definition) is 2. The highest BCUT2D eigenvalue weighted by Crippen LogP contribution is 2.67. The molecule has 2 unspecified atom stereocenters. The number of cyclic esters (lactones) is 1. The standard InChI is InChI=1S/C29H47NO5/c1-19-9-10-21-23-12-11-22(20-16-27(33)35-18-20)29(23,3)25(31)17-24(21)28(19,2)13-7-15-34-14-6-4-5-8-26(30)32/h16,19,21-25,31H,4-15,17-18H2,1-3H3,(H2,30,32)/t19-,21?,22+,23+,24?,25+,28-,29+/m0/s1. The number of aliphatic hydroxyl groups excluding tert-OH is 1. The summed E-state index contributed by atoms with van der Waals surface area (Å²) in [6.45, 7) is 9.13. The minimum absolute atomic E-state index is 0.153. The maximum absolute atomic E-state index is 11.8. The van der Waals surface area contributed by atoms with Crippen molar-refractivity contribution in [3.05, 3.63) is 11.6 Å². The van der Waals surface area contributed by atoms with Crippen LogP contribution in [0.2, 0.25) is 0 Å². The van der Waals surface area contributed by atoms with E-state index in [1.165, 1.54) is 12.8 Å². The summed E-state index contributed by atoms with van der Waals surface area (Å²) in [6.07, 6.45) is 12.4. The second-order valence-electron chi connectivity index (χ2n) is 12.4. The summed E-state index contributed by atoms with van der Waals surface area (Å²) >= 11 is 0. The first kappa shape index (κ1) is 26.7. The van der Waals surface area contributed by atoms with E-state index in [0.29, 0.717) is 36.7 Å². The fourth-order valence-corrected chi connectivity index (χ4v) is 8.57. The highest BCUT2D eigenvalue weighted by molar-refractivity contribution is 5.85. The molecule has 0 bridgehead atoms. The smallest absolute Gasteiger partial charge is 0.331 e. The first-order valence-electron chi connectivity index (χ1n) is 14.1. The van der Waals surface area contributed by atoms with E-state index in [4.69, 9.17) is 15.2 Å². The molecule has 3 N–H and O–H groups in total. The van der Waals surface area contributed by atoms with Crippen LogP contribution in [-0.2, 0) is 19.1 Å². The molecule has 3 aliphatic carbocycles. The van der Waals surface area contributed by atoms with E-state index in [-0.39, 0.29) is 34.7 Å². The Balaban J connectivity index is 1.34. The summed E-state index contributed by atoms with van der Waals surface area (Å²) in [6, 6.07) is 0. The number of carbonyl (C=O) groups excluding carboxylic acids is 2. The van der Waals surface area contributed by atoms with E-state index in [1.807, 2.05) is 0 Å². The Morgan fingerprint density at radius 3 is 2.60 bits per heavy atom. The lowest BCUT2D eigenvalue weighted by atomic mass is 9.45. The summed E-state index contributed by atoms with van der Waals surface area (Å²) in [4.78, 5) is 22.6. The first-order valence-corrected chi connectivity index (χ1v) is 14.1. The molecule has 1 amide bonds. The average Bonchev–Trinajstić information content (AvgIpc) is 3.39. The van der Waals surface area contributed by atoms with Crippen molar-refractivity contribution in [3.8, 4) is 0 Å². The van der Waals surface area contributed by atoms with Gasteiger partial charge in [-0.05, 0) is 98.4 Å². The van der Waals surface area contributed by atoms with Crippen LogP contribution in [0, 0.1) is 40.4 Å². The number of hydrogen-bond acceptors (Lipinski definition) is 5. The lowest BCUT2D eigenvalue weighted by Gasteiger charge is -2.60. The molecule has 6 nitrogen and oxygen atoms in total. The molecule has 4 rings (SSSR count). The number of primary amides is 1. The number of rotatable bonds is 11. The third-order valence-electron chi connectivity index (χ3n) is 10.8. The quantitative estimate of drug-likeness (QED) is 0.321. The average molecular weight is 490 g/mol. The van der Waals surface area contributed by atoms with Gasteiger partial charge in [-0.1, -0.05) is 27.2 Å². The molecule has 0 aromatic rings. The second kappa shape index (κ2) is 10.9. The Morgan fingerprint density at radius 2 is 1.89 bits per heavy atom. The summed E-state index contributed by atoms with van der Waals surface area (Å²) < 4.78 is 11.2. The van der Waals surface area contributed by atoms with E-state index in [1.54, 1.807) is 6.08 Å². The van der Waals surface area contributed by atoms with Crippen molar-refractivity contribution in [2.24, 2.45) is 46.2 Å². The molecule has 4 aliphatic rings. The van der Waals surface area contributed by atoms with Gasteiger partial charge in [-0.3, -0.25) is 4.79 Å². The van der Waals surface area contributed by atoms with Crippen LogP contribution < -0.4 is 5.73 Å². The fourth-order valence-electron chi connectivity index (χ4n) is 8.57. The molecule has 0 spiro atoms. The van der Waals surface area contributed by atoms with Gasteiger partial charge in [0.2, 0.25) is 5.91 Å². The number of esters is 1. The van der Waals surface area contributed by atoms with Crippen LogP contribution in [0.25, 0.3) is 0 Å². The van der Waals surface area contributed by atoms with Gasteiger partial charge in [-0.25, -0.2) is 4.79 Å². The van der Waals surface area contributed by atoms with Crippen molar-refractivity contribution in [1.82, 2.24) is 0 Å². The molecule has 6 heteroatoms. The molecule has 0 saturated heterocycles. The van der Waals surface area contributed by atoms with Crippen molar-refractivity contribution in [3.63, 3.8) is 0 Å². The zero-order valence-corrected chi connectivity index (χ0v) is 22.1. The lowest BCUT2D eigenvalue weighted by molar-refractivity contribution is -0.153. The van der Waals surface area contributed by atoms with E-state index in [0.717, 1.165) is 70.2 Å². The summed E-state index contributed by atoms with van der Waals surface area (Å²) in [5.74, 6) is 2.18. The minimum Gasteiger partial charge on any atom is -0.458 e. The Hall–Kier alpha value is -1.40. The van der Waals surface area contributed by atoms with Crippen molar-refractivity contribution in [1.29, 1.82) is 0 Å². The van der Waals surface area contributed by atoms with Gasteiger partial charge in [-0.15, -0.1) is 0 Å². The number of fused-ring (bicyclic) bond motifs is 3. The molecule has 0 radical (unpaired) electrons. The van der Waals surface area contributed by atoms with Crippen LogP contribution in [0.15, 0.2) is 11.6 Å². The molecular formula is C29H47NO5. The molecule has 3 saturated carbocycles. The van der Waals surface area contributed by atoms with Crippen LogP contribution in [-0.4, -0.2) is 42.9 Å². The molecular weight excluding hydrogens is 442 g/mol. The van der Waals surface area contributed by atoms with Gasteiger partial charge >= 0.3 is 5.97 Å². The highest BCUT2D eigenvalue weighted by Gasteiger charge is 2.62. The normalized spacial score (nSPS) is 40.7. The van der Waals surface area contributed by atoms with Gasteiger partial charge in [0, 0.05) is 31.1 Å². The maximum Gasteiger partial charge on any atom is 0.331 e. The summed E-state index contributed by atoms with van der Waals surface area (Å²) in [7, 11) is 0. The van der Waals surface area contributed by atoms with Gasteiger partial charge in [0.1, 0.15) is 6.61 Å². The monoisotopic (exact) mass is 489 g/mol. The molecule has 3 fully saturated rings. The van der Waals surface area contributed by atoms with E-state index >= 15 is 0 Å². The zero-order valence-electron chi connectivity index (χ0n) is 22.1. The molecule has 8 atom stereocenters. The van der Waals surface area contributed by atoms with Crippen molar-refractivity contribution < 1.29 is 24.2 Å². The van der Waals surface area contributed by atoms with Crippen molar-refractivity contribution in [2.45, 2.75) is 97.5 Å². The second-order valence-corrected chi connectivity index (χ2v) is 12.4. The summed E-state index contributed by atoms with van der Waals surface area (Å²) in [5.41, 5.74) is 6.37. The number of ether oxygens (including phenoxy) is 2. The Bertz CT molecular complexity index is 811. The summed E-state index contributed by atoms with van der Waals surface area (Å²) in [5, 5.41) is 11.6. The van der Waals surface area contributed by atoms with Crippen LogP contribution in [0.5, 0.6) is 0 Å². The molecule has 1 heterocycles. The minimum atomic E-state index is -0.334. The predicted octanol–water partition coefficient (Wildman–Crippen LogP) is 4.78.